The van der Waals surface area contributed by atoms with Crippen LogP contribution >= 0.6 is 0 Å². The maximum atomic E-state index is 13.4. The maximum Gasteiger partial charge on any atom is 0.253 e. The molecule has 3 atom stereocenters. The van der Waals surface area contributed by atoms with Gasteiger partial charge in [-0.1, -0.05) is 24.0 Å². The summed E-state index contributed by atoms with van der Waals surface area (Å²) in [5.74, 6) is 5.88. The Kier molecular flexibility index (Phi) is 6.93. The highest BCUT2D eigenvalue weighted by atomic mass is 19.1. The first-order chi connectivity index (χ1) is 17.0. The van der Waals surface area contributed by atoms with Crippen LogP contribution in [0.2, 0.25) is 0 Å². The number of hydrogen-bond acceptors (Lipinski definition) is 4. The molecule has 0 unspecified atom stereocenters. The SMILES string of the molecule is O=C(c1ccc(F)cc1)N1CCCCN2[C@H](CO)[C@@H](c3ccc(C#CC4(O)CCCC4)cc3)[C@@H]2C1. The number of aliphatic hydroxyl groups is 2. The van der Waals surface area contributed by atoms with E-state index in [-0.39, 0.29) is 36.3 Å². The van der Waals surface area contributed by atoms with Gasteiger partial charge in [0.05, 0.1) is 6.61 Å². The van der Waals surface area contributed by atoms with Gasteiger partial charge in [0, 0.05) is 42.2 Å². The number of fused-ring (bicyclic) bond motifs is 1. The molecule has 3 aliphatic rings. The van der Waals surface area contributed by atoms with Crippen molar-refractivity contribution in [1.29, 1.82) is 0 Å². The van der Waals surface area contributed by atoms with Crippen LogP contribution in [-0.4, -0.2) is 69.8 Å². The van der Waals surface area contributed by atoms with Crippen LogP contribution in [0.4, 0.5) is 4.39 Å². The van der Waals surface area contributed by atoms with Crippen LogP contribution in [0.5, 0.6) is 0 Å². The summed E-state index contributed by atoms with van der Waals surface area (Å²) in [6, 6.07) is 14.0. The first-order valence-electron chi connectivity index (χ1n) is 12.7. The highest BCUT2D eigenvalue weighted by Crippen LogP contribution is 2.42. The largest absolute Gasteiger partial charge is 0.395 e. The van der Waals surface area contributed by atoms with Gasteiger partial charge in [0.1, 0.15) is 11.4 Å². The van der Waals surface area contributed by atoms with Crippen molar-refractivity contribution in [2.24, 2.45) is 0 Å². The number of amides is 1. The molecule has 3 fully saturated rings. The molecule has 0 aromatic heterocycles. The van der Waals surface area contributed by atoms with Crippen molar-refractivity contribution in [2.45, 2.75) is 62.1 Å². The van der Waals surface area contributed by atoms with Crippen molar-refractivity contribution >= 4 is 5.91 Å². The number of nitrogens with zero attached hydrogens (tertiary/aromatic N) is 2. The van der Waals surface area contributed by atoms with E-state index >= 15 is 0 Å². The van der Waals surface area contributed by atoms with Crippen molar-refractivity contribution in [1.82, 2.24) is 9.80 Å². The Hall–Kier alpha value is -2.72. The highest BCUT2D eigenvalue weighted by Gasteiger charge is 2.49. The number of rotatable bonds is 3. The van der Waals surface area contributed by atoms with Crippen molar-refractivity contribution in [3.8, 4) is 11.8 Å². The smallest absolute Gasteiger partial charge is 0.253 e. The van der Waals surface area contributed by atoms with Crippen molar-refractivity contribution < 1.29 is 19.4 Å². The Labute approximate surface area is 206 Å². The molecular formula is C29H33FN2O3. The van der Waals surface area contributed by atoms with E-state index in [0.717, 1.165) is 56.2 Å². The normalized spacial score (nSPS) is 26.0. The molecular weight excluding hydrogens is 443 g/mol. The molecule has 2 aromatic rings. The van der Waals surface area contributed by atoms with Gasteiger partial charge in [-0.25, -0.2) is 4.39 Å². The fourth-order valence-electron chi connectivity index (χ4n) is 5.96. The summed E-state index contributed by atoms with van der Waals surface area (Å²) in [5.41, 5.74) is 1.65. The Balaban J connectivity index is 1.34. The molecule has 0 bridgehead atoms. The second-order valence-electron chi connectivity index (χ2n) is 10.2. The van der Waals surface area contributed by atoms with Gasteiger partial charge < -0.3 is 15.1 Å². The van der Waals surface area contributed by atoms with Crippen LogP contribution in [0.15, 0.2) is 48.5 Å². The molecule has 5 rings (SSSR count). The van der Waals surface area contributed by atoms with E-state index in [2.05, 4.69) is 28.9 Å². The zero-order chi connectivity index (χ0) is 24.4. The predicted molar refractivity (Wildman–Crippen MR) is 132 cm³/mol. The quantitative estimate of drug-likeness (QED) is 0.666. The lowest BCUT2D eigenvalue weighted by molar-refractivity contribution is -0.0606. The molecule has 35 heavy (non-hydrogen) atoms. The van der Waals surface area contributed by atoms with E-state index in [1.54, 1.807) is 12.1 Å². The third-order valence-electron chi connectivity index (χ3n) is 7.91. The van der Waals surface area contributed by atoms with Gasteiger partial charge in [0.15, 0.2) is 0 Å². The summed E-state index contributed by atoms with van der Waals surface area (Å²) >= 11 is 0. The monoisotopic (exact) mass is 476 g/mol. The van der Waals surface area contributed by atoms with Gasteiger partial charge in [-0.15, -0.1) is 0 Å². The molecule has 184 valence electrons. The minimum atomic E-state index is -0.853. The molecule has 2 heterocycles. The van der Waals surface area contributed by atoms with Crippen molar-refractivity contribution in [2.75, 3.05) is 26.2 Å². The third kappa shape index (κ3) is 4.99. The van der Waals surface area contributed by atoms with E-state index in [9.17, 15) is 19.4 Å². The van der Waals surface area contributed by atoms with Gasteiger partial charge in [-0.3, -0.25) is 9.69 Å². The van der Waals surface area contributed by atoms with Crippen LogP contribution in [0.1, 0.15) is 65.9 Å². The zero-order valence-corrected chi connectivity index (χ0v) is 20.0. The number of hydrogen-bond donors (Lipinski definition) is 2. The lowest BCUT2D eigenvalue weighted by Crippen LogP contribution is -2.67. The van der Waals surface area contributed by atoms with Crippen molar-refractivity contribution in [3.63, 3.8) is 0 Å². The first-order valence-corrected chi connectivity index (χ1v) is 12.7. The number of benzene rings is 2. The fourth-order valence-corrected chi connectivity index (χ4v) is 5.96. The first kappa shape index (κ1) is 24.0. The second-order valence-corrected chi connectivity index (χ2v) is 10.2. The maximum absolute atomic E-state index is 13.4. The molecule has 0 radical (unpaired) electrons. The van der Waals surface area contributed by atoms with E-state index < -0.39 is 5.60 Å². The molecule has 2 saturated heterocycles. The number of carbonyl (C=O) groups excluding carboxylic acids is 1. The molecule has 5 nitrogen and oxygen atoms in total. The molecule has 2 N–H and O–H groups in total. The summed E-state index contributed by atoms with van der Waals surface area (Å²) in [4.78, 5) is 17.4. The third-order valence-corrected chi connectivity index (χ3v) is 7.91. The Morgan fingerprint density at radius 1 is 1.00 bits per heavy atom. The fraction of sp³-hybridized carbons (Fsp3) is 0.483. The van der Waals surface area contributed by atoms with Crippen LogP contribution < -0.4 is 0 Å². The summed E-state index contributed by atoms with van der Waals surface area (Å²) < 4.78 is 13.4. The molecule has 1 amide bonds. The highest BCUT2D eigenvalue weighted by molar-refractivity contribution is 5.94. The van der Waals surface area contributed by atoms with Gasteiger partial charge in [-0.2, -0.15) is 0 Å². The lowest BCUT2D eigenvalue weighted by atomic mass is 9.74. The second kappa shape index (κ2) is 10.1. The predicted octanol–water partition coefficient (Wildman–Crippen LogP) is 3.55. The van der Waals surface area contributed by atoms with E-state index in [4.69, 9.17) is 0 Å². The summed E-state index contributed by atoms with van der Waals surface area (Å²) in [6.45, 7) is 2.23. The zero-order valence-electron chi connectivity index (χ0n) is 20.0. The van der Waals surface area contributed by atoms with Gasteiger partial charge >= 0.3 is 0 Å². The molecule has 1 saturated carbocycles. The number of carbonyl (C=O) groups is 1. The van der Waals surface area contributed by atoms with E-state index in [1.807, 2.05) is 17.0 Å². The topological polar surface area (TPSA) is 64.0 Å². The van der Waals surface area contributed by atoms with Crippen LogP contribution in [-0.2, 0) is 0 Å². The van der Waals surface area contributed by atoms with E-state index in [1.165, 1.54) is 12.1 Å². The van der Waals surface area contributed by atoms with E-state index in [0.29, 0.717) is 18.7 Å². The summed E-state index contributed by atoms with van der Waals surface area (Å²) in [7, 11) is 0. The minimum Gasteiger partial charge on any atom is -0.395 e. The molecule has 0 spiro atoms. The van der Waals surface area contributed by atoms with Gasteiger partial charge in [-0.05, 0) is 87.0 Å². The average Bonchev–Trinajstić information content (AvgIpc) is 3.29. The molecule has 6 heteroatoms. The minimum absolute atomic E-state index is 0.0250. The molecule has 2 aliphatic heterocycles. The Bertz CT molecular complexity index is 1100. The lowest BCUT2D eigenvalue weighted by Gasteiger charge is -2.57. The van der Waals surface area contributed by atoms with Crippen LogP contribution in [0, 0.1) is 17.7 Å². The van der Waals surface area contributed by atoms with Crippen molar-refractivity contribution in [3.05, 3.63) is 71.0 Å². The standard InChI is InChI=1S/C29H33FN2O3/c30-24-11-9-23(10-12-24)28(34)31-17-3-4-18-32-25(19-31)27(26(32)20-33)22-7-5-21(6-8-22)13-16-29(35)14-1-2-15-29/h5-12,25-27,33,35H,1-4,14-15,17-20H2/t25-,26+,27-/m0/s1. The average molecular weight is 477 g/mol. The molecule has 1 aliphatic carbocycles. The van der Waals surface area contributed by atoms with Gasteiger partial charge in [0.2, 0.25) is 0 Å². The number of aliphatic hydroxyl groups excluding tert-OH is 1. The summed E-state index contributed by atoms with van der Waals surface area (Å²) in [5, 5.41) is 20.7. The molecule has 2 aromatic carbocycles. The number of halogens is 1. The Morgan fingerprint density at radius 2 is 1.69 bits per heavy atom. The Morgan fingerprint density at radius 3 is 2.37 bits per heavy atom. The van der Waals surface area contributed by atoms with Gasteiger partial charge in [0.25, 0.3) is 5.91 Å². The summed E-state index contributed by atoms with van der Waals surface area (Å²) in [6.07, 6.45) is 5.38. The van der Waals surface area contributed by atoms with Crippen LogP contribution in [0.25, 0.3) is 0 Å². The van der Waals surface area contributed by atoms with Crippen LogP contribution in [0.3, 0.4) is 0 Å².